The molecule has 2 aliphatic rings. The highest BCUT2D eigenvalue weighted by atomic mass is 35.5. The Morgan fingerprint density at radius 3 is 2.70 bits per heavy atom. The Kier molecular flexibility index (Phi) is 3.92. The average molecular weight is 367 g/mol. The van der Waals surface area contributed by atoms with Gasteiger partial charge in [-0.25, -0.2) is 9.97 Å². The predicted molar refractivity (Wildman–Crippen MR) is 94.5 cm³/mol. The van der Waals surface area contributed by atoms with Gasteiger partial charge < -0.3 is 10.6 Å². The van der Waals surface area contributed by atoms with Gasteiger partial charge in [0.15, 0.2) is 0 Å². The number of piperidine rings is 1. The first kappa shape index (κ1) is 15.5. The molecule has 2 heterocycles. The third kappa shape index (κ3) is 2.80. The van der Waals surface area contributed by atoms with Crippen molar-refractivity contribution in [2.75, 3.05) is 18.0 Å². The summed E-state index contributed by atoms with van der Waals surface area (Å²) in [6.07, 6.45) is 1.84. The second-order valence-corrected chi connectivity index (χ2v) is 7.90. The number of aryl methyl sites for hydroxylation is 1. The lowest BCUT2D eigenvalue weighted by Crippen LogP contribution is -2.28. The Hall–Kier alpha value is -1.01. The lowest BCUT2D eigenvalue weighted by molar-refractivity contribution is 0.729. The van der Waals surface area contributed by atoms with E-state index in [0.29, 0.717) is 27.9 Å². The number of halogens is 2. The van der Waals surface area contributed by atoms with Crippen molar-refractivity contribution in [3.8, 4) is 0 Å². The molecule has 1 aromatic carbocycles. The molecule has 0 spiro atoms. The van der Waals surface area contributed by atoms with Crippen molar-refractivity contribution in [3.05, 3.63) is 40.1 Å². The molecule has 1 aliphatic heterocycles. The van der Waals surface area contributed by atoms with Gasteiger partial charge in [-0.2, -0.15) is 0 Å². The SMILES string of the molecule is Cc1nc(N2CC3[C@@H](N)[C@@H]3C2)cnc1Sc1cccc(Cl)c1Cl. The summed E-state index contributed by atoms with van der Waals surface area (Å²) < 4.78 is 0. The zero-order valence-corrected chi connectivity index (χ0v) is 14.9. The minimum atomic E-state index is 0.389. The van der Waals surface area contributed by atoms with Crippen LogP contribution in [-0.2, 0) is 0 Å². The molecule has 4 nitrogen and oxygen atoms in total. The van der Waals surface area contributed by atoms with Crippen LogP contribution >= 0.6 is 35.0 Å². The van der Waals surface area contributed by atoms with Crippen LogP contribution in [0.3, 0.4) is 0 Å². The third-order valence-electron chi connectivity index (χ3n) is 4.60. The maximum absolute atomic E-state index is 6.24. The van der Waals surface area contributed by atoms with Crippen molar-refractivity contribution in [2.45, 2.75) is 22.9 Å². The summed E-state index contributed by atoms with van der Waals surface area (Å²) in [5.41, 5.74) is 6.89. The second kappa shape index (κ2) is 5.81. The van der Waals surface area contributed by atoms with Gasteiger partial charge in [-0.15, -0.1) is 0 Å². The molecule has 2 N–H and O–H groups in total. The van der Waals surface area contributed by atoms with Gasteiger partial charge in [-0.3, -0.25) is 0 Å². The fourth-order valence-corrected chi connectivity index (χ4v) is 4.46. The van der Waals surface area contributed by atoms with Gasteiger partial charge in [0, 0.05) is 24.0 Å². The first-order valence-corrected chi connectivity index (χ1v) is 9.08. The van der Waals surface area contributed by atoms with E-state index in [1.54, 1.807) is 6.07 Å². The number of benzene rings is 1. The topological polar surface area (TPSA) is 55.0 Å². The molecule has 3 atom stereocenters. The van der Waals surface area contributed by atoms with Crippen LogP contribution in [0, 0.1) is 18.8 Å². The van der Waals surface area contributed by atoms with Crippen molar-refractivity contribution in [1.82, 2.24) is 9.97 Å². The van der Waals surface area contributed by atoms with Crippen LogP contribution in [0.4, 0.5) is 5.82 Å². The molecule has 7 heteroatoms. The maximum atomic E-state index is 6.24. The van der Waals surface area contributed by atoms with E-state index in [1.165, 1.54) is 11.8 Å². The standard InChI is InChI=1S/C16H16Cl2N4S/c1-8-16(23-12-4-2-3-11(17)14(12)18)20-5-13(21-8)22-6-9-10(7-22)15(9)19/h2-5,9-10,15H,6-7,19H2,1H3/t9-,10?,15+/m1/s1. The van der Waals surface area contributed by atoms with E-state index in [0.717, 1.165) is 34.5 Å². The molecule has 4 rings (SSSR count). The fourth-order valence-electron chi connectivity index (χ4n) is 3.14. The summed E-state index contributed by atoms with van der Waals surface area (Å²) in [6, 6.07) is 5.98. The minimum absolute atomic E-state index is 0.389. The van der Waals surface area contributed by atoms with Gasteiger partial charge in [0.2, 0.25) is 0 Å². The summed E-state index contributed by atoms with van der Waals surface area (Å²) in [5.74, 6) is 2.20. The second-order valence-electron chi connectivity index (χ2n) is 6.08. The first-order chi connectivity index (χ1) is 11.0. The molecule has 1 saturated carbocycles. The first-order valence-electron chi connectivity index (χ1n) is 7.50. The molecule has 0 bridgehead atoms. The van der Waals surface area contributed by atoms with Gasteiger partial charge in [0.25, 0.3) is 0 Å². The number of nitrogens with zero attached hydrogens (tertiary/aromatic N) is 3. The number of hydrogen-bond acceptors (Lipinski definition) is 5. The third-order valence-corrected chi connectivity index (χ3v) is 6.68. The molecular weight excluding hydrogens is 351 g/mol. The molecule has 2 aromatic rings. The molecule has 0 radical (unpaired) electrons. The number of nitrogens with two attached hydrogens (primary N) is 1. The maximum Gasteiger partial charge on any atom is 0.147 e. The number of aromatic nitrogens is 2. The molecule has 23 heavy (non-hydrogen) atoms. The Morgan fingerprint density at radius 1 is 1.26 bits per heavy atom. The van der Waals surface area contributed by atoms with Gasteiger partial charge in [0.1, 0.15) is 10.8 Å². The van der Waals surface area contributed by atoms with E-state index >= 15 is 0 Å². The van der Waals surface area contributed by atoms with E-state index in [9.17, 15) is 0 Å². The van der Waals surface area contributed by atoms with Crippen LogP contribution in [0.5, 0.6) is 0 Å². The summed E-state index contributed by atoms with van der Waals surface area (Å²) in [5, 5.41) is 1.95. The number of hydrogen-bond donors (Lipinski definition) is 1. The van der Waals surface area contributed by atoms with E-state index in [1.807, 2.05) is 25.3 Å². The van der Waals surface area contributed by atoms with Crippen LogP contribution in [-0.4, -0.2) is 29.1 Å². The predicted octanol–water partition coefficient (Wildman–Crippen LogP) is 3.64. The van der Waals surface area contributed by atoms with Gasteiger partial charge in [-0.05, 0) is 30.9 Å². The van der Waals surface area contributed by atoms with E-state index in [4.69, 9.17) is 33.9 Å². The smallest absolute Gasteiger partial charge is 0.147 e. The quantitative estimate of drug-likeness (QED) is 0.898. The molecule has 1 aliphatic carbocycles. The van der Waals surface area contributed by atoms with Crippen LogP contribution < -0.4 is 10.6 Å². The van der Waals surface area contributed by atoms with Crippen LogP contribution in [0.2, 0.25) is 10.0 Å². The van der Waals surface area contributed by atoms with E-state index in [-0.39, 0.29) is 0 Å². The van der Waals surface area contributed by atoms with Crippen LogP contribution in [0.15, 0.2) is 34.3 Å². The highest BCUT2D eigenvalue weighted by Gasteiger charge is 2.53. The molecule has 120 valence electrons. The molecular formula is C16H16Cl2N4S. The van der Waals surface area contributed by atoms with Crippen LogP contribution in [0.1, 0.15) is 5.69 Å². The van der Waals surface area contributed by atoms with Crippen molar-refractivity contribution in [1.29, 1.82) is 0 Å². The summed E-state index contributed by atoms with van der Waals surface area (Å²) in [6.45, 7) is 3.96. The fraction of sp³-hybridized carbons (Fsp3) is 0.375. The normalized spacial score (nSPS) is 25.6. The Morgan fingerprint density at radius 2 is 2.00 bits per heavy atom. The van der Waals surface area contributed by atoms with E-state index < -0.39 is 0 Å². The average Bonchev–Trinajstić information content (AvgIpc) is 2.96. The summed E-state index contributed by atoms with van der Waals surface area (Å²) in [4.78, 5) is 12.4. The van der Waals surface area contributed by atoms with Gasteiger partial charge in [0.05, 0.1) is 21.9 Å². The molecule has 2 fully saturated rings. The van der Waals surface area contributed by atoms with Gasteiger partial charge >= 0.3 is 0 Å². The lowest BCUT2D eigenvalue weighted by atomic mass is 10.4. The minimum Gasteiger partial charge on any atom is -0.355 e. The molecule has 1 unspecified atom stereocenters. The number of rotatable bonds is 3. The Balaban J connectivity index is 1.53. The monoisotopic (exact) mass is 366 g/mol. The van der Waals surface area contributed by atoms with Gasteiger partial charge in [-0.1, -0.05) is 41.0 Å². The molecule has 1 aromatic heterocycles. The molecule has 1 saturated heterocycles. The Bertz CT molecular complexity index is 758. The zero-order chi connectivity index (χ0) is 16.1. The van der Waals surface area contributed by atoms with Crippen molar-refractivity contribution in [2.24, 2.45) is 17.6 Å². The number of anilines is 1. The van der Waals surface area contributed by atoms with E-state index in [2.05, 4.69) is 9.88 Å². The summed E-state index contributed by atoms with van der Waals surface area (Å²) in [7, 11) is 0. The van der Waals surface area contributed by atoms with Crippen molar-refractivity contribution in [3.63, 3.8) is 0 Å². The van der Waals surface area contributed by atoms with Crippen molar-refractivity contribution >= 4 is 40.8 Å². The van der Waals surface area contributed by atoms with Crippen LogP contribution in [0.25, 0.3) is 0 Å². The highest BCUT2D eigenvalue weighted by Crippen LogP contribution is 2.45. The Labute approximate surface area is 149 Å². The largest absolute Gasteiger partial charge is 0.355 e. The molecule has 0 amide bonds. The van der Waals surface area contributed by atoms with Crippen molar-refractivity contribution < 1.29 is 0 Å². The number of fused-ring (bicyclic) bond motifs is 1. The highest BCUT2D eigenvalue weighted by molar-refractivity contribution is 7.99. The lowest BCUT2D eigenvalue weighted by Gasteiger charge is -2.20. The summed E-state index contributed by atoms with van der Waals surface area (Å²) >= 11 is 13.8. The zero-order valence-electron chi connectivity index (χ0n) is 12.5.